The molecule has 186 valence electrons. The van der Waals surface area contributed by atoms with Gasteiger partial charge in [-0.15, -0.1) is 0 Å². The van der Waals surface area contributed by atoms with Crippen LogP contribution in [-0.2, 0) is 16.0 Å². The van der Waals surface area contributed by atoms with Gasteiger partial charge in [-0.3, -0.25) is 14.4 Å². The quantitative estimate of drug-likeness (QED) is 0.276. The van der Waals surface area contributed by atoms with Gasteiger partial charge in [0.25, 0.3) is 5.91 Å². The lowest BCUT2D eigenvalue weighted by molar-refractivity contribution is -0.122. The minimum absolute atomic E-state index is 0.0269. The third-order valence-electron chi connectivity index (χ3n) is 6.70. The fourth-order valence-electron chi connectivity index (χ4n) is 5.19. The van der Waals surface area contributed by atoms with E-state index in [9.17, 15) is 38.5 Å². The summed E-state index contributed by atoms with van der Waals surface area (Å²) in [5, 5.41) is 31.3. The van der Waals surface area contributed by atoms with Crippen molar-refractivity contribution in [1.82, 2.24) is 0 Å². The molecule has 0 spiro atoms. The van der Waals surface area contributed by atoms with E-state index in [1.54, 1.807) is 0 Å². The molecular weight excluding hydrogens is 472 g/mol. The monoisotopic (exact) mass is 495 g/mol. The lowest BCUT2D eigenvalue weighted by atomic mass is 9.70. The van der Waals surface area contributed by atoms with E-state index in [0.717, 1.165) is 12.1 Å². The molecule has 0 saturated carbocycles. The molecule has 5 N–H and O–H groups in total. The van der Waals surface area contributed by atoms with E-state index in [1.807, 2.05) is 0 Å². The van der Waals surface area contributed by atoms with Gasteiger partial charge in [0, 0.05) is 30.0 Å². The number of rotatable bonds is 5. The standard InChI is InChI=1S/C27H23F2NO6/c1-2-19(31)23-13(7-12-8-21(33)25(27(30)36)22(34)9-12)10-17-15(5-6-20(32)24(17)26(23)35)16-4-3-14(28)11-18(16)29/h2-6,11-13,31-33H,1,7-10H2,(H2,30,36)/b23-19-. The van der Waals surface area contributed by atoms with Gasteiger partial charge in [-0.2, -0.15) is 0 Å². The number of hydrogen-bond donors (Lipinski definition) is 4. The Balaban J connectivity index is 1.81. The first-order valence-corrected chi connectivity index (χ1v) is 11.2. The molecule has 2 aromatic rings. The summed E-state index contributed by atoms with van der Waals surface area (Å²) in [4.78, 5) is 37.4. The number of phenols is 1. The van der Waals surface area contributed by atoms with Crippen molar-refractivity contribution in [3.8, 4) is 16.9 Å². The van der Waals surface area contributed by atoms with Gasteiger partial charge in [-0.05, 0) is 60.1 Å². The average Bonchev–Trinajstić information content (AvgIpc) is 2.78. The molecule has 2 aliphatic carbocycles. The third-order valence-corrected chi connectivity index (χ3v) is 6.70. The highest BCUT2D eigenvalue weighted by molar-refractivity contribution is 6.19. The molecule has 2 unspecified atom stereocenters. The number of Topliss-reactive ketones (excluding diaryl/α,β-unsaturated/α-hetero) is 2. The molecule has 0 aliphatic heterocycles. The second kappa shape index (κ2) is 9.41. The number of primary amides is 1. The van der Waals surface area contributed by atoms with Crippen LogP contribution in [0.25, 0.3) is 11.1 Å². The molecule has 2 aliphatic rings. The van der Waals surface area contributed by atoms with Crippen LogP contribution in [0.15, 0.2) is 65.7 Å². The fourth-order valence-corrected chi connectivity index (χ4v) is 5.19. The number of allylic oxidation sites excluding steroid dienone is 3. The van der Waals surface area contributed by atoms with Crippen LogP contribution in [0.4, 0.5) is 8.78 Å². The predicted octanol–water partition coefficient (Wildman–Crippen LogP) is 4.36. The van der Waals surface area contributed by atoms with Crippen molar-refractivity contribution in [2.45, 2.75) is 25.7 Å². The highest BCUT2D eigenvalue weighted by Crippen LogP contribution is 2.44. The van der Waals surface area contributed by atoms with Crippen LogP contribution in [0.2, 0.25) is 0 Å². The molecule has 4 rings (SSSR count). The Hall–Kier alpha value is -4.27. The Kier molecular flexibility index (Phi) is 6.49. The summed E-state index contributed by atoms with van der Waals surface area (Å²) in [7, 11) is 0. The number of hydrogen-bond acceptors (Lipinski definition) is 6. The van der Waals surface area contributed by atoms with Crippen molar-refractivity contribution in [3.63, 3.8) is 0 Å². The van der Waals surface area contributed by atoms with Crippen LogP contribution in [0.1, 0.15) is 35.2 Å². The van der Waals surface area contributed by atoms with Gasteiger partial charge in [0.2, 0.25) is 0 Å². The molecule has 36 heavy (non-hydrogen) atoms. The summed E-state index contributed by atoms with van der Waals surface area (Å²) >= 11 is 0. The maximum absolute atomic E-state index is 14.7. The number of carbonyl (C=O) groups excluding carboxylic acids is 3. The summed E-state index contributed by atoms with van der Waals surface area (Å²) in [5.41, 5.74) is 5.18. The fraction of sp³-hybridized carbons (Fsp3) is 0.222. The Labute approximate surface area is 204 Å². The van der Waals surface area contributed by atoms with Gasteiger partial charge in [-0.25, -0.2) is 8.78 Å². The zero-order chi connectivity index (χ0) is 26.3. The first kappa shape index (κ1) is 24.8. The summed E-state index contributed by atoms with van der Waals surface area (Å²) in [6.45, 7) is 3.51. The molecule has 0 aromatic heterocycles. The number of ketones is 2. The van der Waals surface area contributed by atoms with Crippen molar-refractivity contribution < 1.29 is 38.5 Å². The first-order chi connectivity index (χ1) is 17.0. The van der Waals surface area contributed by atoms with Gasteiger partial charge < -0.3 is 21.1 Å². The van der Waals surface area contributed by atoms with E-state index in [-0.39, 0.29) is 53.7 Å². The van der Waals surface area contributed by atoms with E-state index >= 15 is 0 Å². The van der Waals surface area contributed by atoms with Crippen LogP contribution in [0.3, 0.4) is 0 Å². The van der Waals surface area contributed by atoms with Crippen molar-refractivity contribution in [3.05, 3.63) is 88.4 Å². The molecule has 2 atom stereocenters. The second-order valence-corrected chi connectivity index (χ2v) is 8.96. The smallest absolute Gasteiger partial charge is 0.255 e. The van der Waals surface area contributed by atoms with E-state index < -0.39 is 58.0 Å². The number of aliphatic hydroxyl groups excluding tert-OH is 2. The Morgan fingerprint density at radius 3 is 2.39 bits per heavy atom. The van der Waals surface area contributed by atoms with Crippen LogP contribution in [0, 0.1) is 23.5 Å². The van der Waals surface area contributed by atoms with Crippen molar-refractivity contribution in [2.24, 2.45) is 17.6 Å². The predicted molar refractivity (Wildman–Crippen MR) is 126 cm³/mol. The van der Waals surface area contributed by atoms with E-state index in [4.69, 9.17) is 5.73 Å². The van der Waals surface area contributed by atoms with Gasteiger partial charge >= 0.3 is 0 Å². The van der Waals surface area contributed by atoms with E-state index in [0.29, 0.717) is 11.6 Å². The molecular formula is C27H23F2NO6. The number of fused-ring (bicyclic) bond motifs is 1. The van der Waals surface area contributed by atoms with E-state index in [1.165, 1.54) is 18.2 Å². The van der Waals surface area contributed by atoms with Crippen LogP contribution in [0.5, 0.6) is 5.75 Å². The number of nitrogens with two attached hydrogens (primary N) is 1. The number of halogens is 2. The second-order valence-electron chi connectivity index (χ2n) is 8.96. The largest absolute Gasteiger partial charge is 0.511 e. The Morgan fingerprint density at radius 2 is 1.78 bits per heavy atom. The number of benzene rings is 2. The summed E-state index contributed by atoms with van der Waals surface area (Å²) < 4.78 is 28.2. The average molecular weight is 495 g/mol. The lowest BCUT2D eigenvalue weighted by Gasteiger charge is -2.32. The molecule has 0 saturated heterocycles. The summed E-state index contributed by atoms with van der Waals surface area (Å²) in [5.74, 6) is -6.37. The van der Waals surface area contributed by atoms with Crippen LogP contribution in [-0.4, -0.2) is 32.8 Å². The van der Waals surface area contributed by atoms with Crippen molar-refractivity contribution in [2.75, 3.05) is 0 Å². The molecule has 0 radical (unpaired) electrons. The number of carbonyl (C=O) groups is 3. The summed E-state index contributed by atoms with van der Waals surface area (Å²) in [6, 6.07) is 5.68. The summed E-state index contributed by atoms with van der Waals surface area (Å²) in [6.07, 6.45) is 1.14. The zero-order valence-corrected chi connectivity index (χ0v) is 19.1. The third kappa shape index (κ3) is 4.28. The molecule has 7 nitrogen and oxygen atoms in total. The van der Waals surface area contributed by atoms with E-state index in [2.05, 4.69) is 6.58 Å². The highest BCUT2D eigenvalue weighted by Gasteiger charge is 2.39. The SMILES string of the molecule is C=C/C(O)=C1/C(=O)c2c(O)ccc(-c3ccc(F)cc3F)c2CC1CC1CC(=O)C(C(N)=O)=C(O)C1. The van der Waals surface area contributed by atoms with Crippen molar-refractivity contribution in [1.29, 1.82) is 0 Å². The maximum Gasteiger partial charge on any atom is 0.255 e. The number of aromatic hydroxyl groups is 1. The molecule has 1 amide bonds. The van der Waals surface area contributed by atoms with Gasteiger partial charge in [0.1, 0.15) is 34.5 Å². The van der Waals surface area contributed by atoms with Crippen LogP contribution >= 0.6 is 0 Å². The minimum atomic E-state index is -1.02. The van der Waals surface area contributed by atoms with Gasteiger partial charge in [0.15, 0.2) is 11.6 Å². The number of aliphatic hydroxyl groups is 2. The van der Waals surface area contributed by atoms with Gasteiger partial charge in [-0.1, -0.05) is 12.6 Å². The zero-order valence-electron chi connectivity index (χ0n) is 19.1. The lowest BCUT2D eigenvalue weighted by Crippen LogP contribution is -2.32. The van der Waals surface area contributed by atoms with Crippen LogP contribution < -0.4 is 5.73 Å². The molecule has 0 heterocycles. The molecule has 0 bridgehead atoms. The van der Waals surface area contributed by atoms with Crippen molar-refractivity contribution >= 4 is 17.5 Å². The Bertz CT molecular complexity index is 1390. The Morgan fingerprint density at radius 1 is 1.08 bits per heavy atom. The molecule has 2 aromatic carbocycles. The number of amides is 1. The van der Waals surface area contributed by atoms with Gasteiger partial charge in [0.05, 0.1) is 5.56 Å². The maximum atomic E-state index is 14.7. The first-order valence-electron chi connectivity index (χ1n) is 11.2. The minimum Gasteiger partial charge on any atom is -0.511 e. The topological polar surface area (TPSA) is 138 Å². The molecule has 9 heteroatoms. The number of phenolic OH excluding ortho intramolecular Hbond substituents is 1. The normalized spacial score (nSPS) is 21.3. The molecule has 0 fully saturated rings. The highest BCUT2D eigenvalue weighted by atomic mass is 19.1.